The molecule has 0 aromatic heterocycles. The Bertz CT molecular complexity index is 215. The summed E-state index contributed by atoms with van der Waals surface area (Å²) in [5, 5.41) is 9.01. The average molecular weight is 276 g/mol. The first-order valence-electron chi connectivity index (χ1n) is 6.81. The Morgan fingerprint density at radius 2 is 2.06 bits per heavy atom. The van der Waals surface area contributed by atoms with Crippen molar-refractivity contribution in [3.05, 3.63) is 0 Å². The van der Waals surface area contributed by atoms with Crippen LogP contribution in [-0.2, 0) is 4.79 Å². The van der Waals surface area contributed by atoms with Crippen LogP contribution in [0.4, 0.5) is 0 Å². The van der Waals surface area contributed by atoms with E-state index in [1.807, 2.05) is 6.26 Å². The van der Waals surface area contributed by atoms with Crippen LogP contribution in [0.15, 0.2) is 0 Å². The van der Waals surface area contributed by atoms with Gasteiger partial charge in [-0.1, -0.05) is 26.2 Å². The number of unbranched alkanes of at least 4 members (excludes halogenated alkanes) is 3. The minimum Gasteiger partial charge on any atom is -0.395 e. The molecule has 1 amide bonds. The average Bonchev–Trinajstić information content (AvgIpc) is 2.38. The van der Waals surface area contributed by atoms with E-state index in [0.29, 0.717) is 19.5 Å². The first-order chi connectivity index (χ1) is 8.67. The molecule has 0 aromatic rings. The fourth-order valence-electron chi connectivity index (χ4n) is 1.79. The zero-order valence-corrected chi connectivity index (χ0v) is 12.5. The summed E-state index contributed by atoms with van der Waals surface area (Å²) in [6.45, 7) is 3.29. The van der Waals surface area contributed by atoms with Crippen molar-refractivity contribution in [1.29, 1.82) is 0 Å². The molecule has 4 nitrogen and oxygen atoms in total. The van der Waals surface area contributed by atoms with Crippen molar-refractivity contribution in [2.45, 2.75) is 45.1 Å². The molecule has 3 N–H and O–H groups in total. The van der Waals surface area contributed by atoms with Crippen molar-refractivity contribution < 1.29 is 9.90 Å². The predicted octanol–water partition coefficient (Wildman–Crippen LogP) is 1.47. The van der Waals surface area contributed by atoms with Crippen molar-refractivity contribution in [1.82, 2.24) is 4.90 Å². The van der Waals surface area contributed by atoms with Crippen LogP contribution in [0.5, 0.6) is 0 Å². The lowest BCUT2D eigenvalue weighted by atomic mass is 10.1. The van der Waals surface area contributed by atoms with E-state index in [4.69, 9.17) is 10.8 Å². The highest BCUT2D eigenvalue weighted by Crippen LogP contribution is 2.06. The Balaban J connectivity index is 4.08. The number of aliphatic hydroxyl groups is 1. The van der Waals surface area contributed by atoms with E-state index in [1.54, 1.807) is 16.7 Å². The third kappa shape index (κ3) is 7.95. The highest BCUT2D eigenvalue weighted by atomic mass is 32.2. The molecule has 5 heteroatoms. The number of thioether (sulfide) groups is 1. The van der Waals surface area contributed by atoms with Gasteiger partial charge in [0, 0.05) is 13.1 Å². The second-order valence-corrected chi connectivity index (χ2v) is 5.48. The van der Waals surface area contributed by atoms with Crippen LogP contribution in [0, 0.1) is 0 Å². The van der Waals surface area contributed by atoms with Crippen LogP contribution in [0.2, 0.25) is 0 Å². The highest BCUT2D eigenvalue weighted by molar-refractivity contribution is 7.98. The fraction of sp³-hybridized carbons (Fsp3) is 0.923. The van der Waals surface area contributed by atoms with Crippen LogP contribution in [-0.4, -0.2) is 53.7 Å². The minimum atomic E-state index is -0.421. The molecule has 0 saturated heterocycles. The van der Waals surface area contributed by atoms with Gasteiger partial charge in [-0.15, -0.1) is 0 Å². The van der Waals surface area contributed by atoms with Gasteiger partial charge in [0.25, 0.3) is 0 Å². The lowest BCUT2D eigenvalue weighted by molar-refractivity contribution is -0.133. The first-order valence-corrected chi connectivity index (χ1v) is 8.20. The van der Waals surface area contributed by atoms with E-state index in [2.05, 4.69) is 6.92 Å². The number of carbonyl (C=O) groups is 1. The fourth-order valence-corrected chi connectivity index (χ4v) is 2.27. The van der Waals surface area contributed by atoms with Crippen LogP contribution < -0.4 is 5.73 Å². The number of carbonyl (C=O) groups excluding carboxylic acids is 1. The Hall–Kier alpha value is -0.260. The third-order valence-electron chi connectivity index (χ3n) is 2.91. The minimum absolute atomic E-state index is 0.00870. The molecule has 0 heterocycles. The summed E-state index contributed by atoms with van der Waals surface area (Å²) in [6.07, 6.45) is 7.21. The third-order valence-corrected chi connectivity index (χ3v) is 3.56. The first kappa shape index (κ1) is 17.7. The molecule has 0 rings (SSSR count). The molecule has 0 bridgehead atoms. The van der Waals surface area contributed by atoms with Crippen molar-refractivity contribution in [2.75, 3.05) is 31.7 Å². The Morgan fingerprint density at radius 1 is 1.33 bits per heavy atom. The zero-order chi connectivity index (χ0) is 13.8. The van der Waals surface area contributed by atoms with Gasteiger partial charge in [-0.05, 0) is 24.9 Å². The second kappa shape index (κ2) is 11.8. The molecule has 0 radical (unpaired) electrons. The van der Waals surface area contributed by atoms with Gasteiger partial charge in [0.05, 0.1) is 12.6 Å². The van der Waals surface area contributed by atoms with Crippen LogP contribution in [0.1, 0.15) is 39.0 Å². The second-order valence-electron chi connectivity index (χ2n) is 4.50. The monoisotopic (exact) mass is 276 g/mol. The van der Waals surface area contributed by atoms with Crippen molar-refractivity contribution in [3.63, 3.8) is 0 Å². The van der Waals surface area contributed by atoms with Gasteiger partial charge >= 0.3 is 0 Å². The molecular formula is C13H28N2O2S. The van der Waals surface area contributed by atoms with Crippen molar-refractivity contribution in [3.8, 4) is 0 Å². The van der Waals surface area contributed by atoms with Crippen molar-refractivity contribution >= 4 is 17.7 Å². The van der Waals surface area contributed by atoms with E-state index in [1.165, 1.54) is 12.8 Å². The lowest BCUT2D eigenvalue weighted by Gasteiger charge is -2.25. The van der Waals surface area contributed by atoms with Gasteiger partial charge in [0.15, 0.2) is 0 Å². The Morgan fingerprint density at radius 3 is 2.61 bits per heavy atom. The zero-order valence-electron chi connectivity index (χ0n) is 11.7. The molecule has 108 valence electrons. The molecule has 0 aliphatic rings. The quantitative estimate of drug-likeness (QED) is 0.561. The standard InChI is InChI=1S/C13H28N2O2S/c1-3-4-5-6-8-15(9-10-16)13(17)12(14)7-11-18-2/h12,16H,3-11,14H2,1-2H3/t12-/m1/s1. The lowest BCUT2D eigenvalue weighted by Crippen LogP contribution is -2.45. The molecule has 0 unspecified atom stereocenters. The summed E-state index contributed by atoms with van der Waals surface area (Å²) >= 11 is 1.70. The Kier molecular flexibility index (Phi) is 11.6. The van der Waals surface area contributed by atoms with Crippen molar-refractivity contribution in [2.24, 2.45) is 5.73 Å². The number of rotatable bonds is 11. The smallest absolute Gasteiger partial charge is 0.239 e. The van der Waals surface area contributed by atoms with E-state index in [-0.39, 0.29) is 12.5 Å². The molecule has 0 saturated carbocycles. The number of aliphatic hydroxyl groups excluding tert-OH is 1. The largest absolute Gasteiger partial charge is 0.395 e. The summed E-state index contributed by atoms with van der Waals surface area (Å²) in [7, 11) is 0. The van der Waals surface area contributed by atoms with E-state index in [0.717, 1.165) is 18.6 Å². The molecule has 0 aromatic carbocycles. The maximum Gasteiger partial charge on any atom is 0.239 e. The maximum atomic E-state index is 12.1. The Labute approximate surface area is 115 Å². The summed E-state index contributed by atoms with van der Waals surface area (Å²) in [5.74, 6) is 0.880. The number of hydrogen-bond acceptors (Lipinski definition) is 4. The van der Waals surface area contributed by atoms with E-state index < -0.39 is 6.04 Å². The number of nitrogens with zero attached hydrogens (tertiary/aromatic N) is 1. The van der Waals surface area contributed by atoms with E-state index >= 15 is 0 Å². The van der Waals surface area contributed by atoms with Gasteiger partial charge in [0.1, 0.15) is 0 Å². The van der Waals surface area contributed by atoms with Crippen LogP contribution in [0.25, 0.3) is 0 Å². The molecule has 0 aliphatic heterocycles. The summed E-state index contributed by atoms with van der Waals surface area (Å²) < 4.78 is 0. The number of hydrogen-bond donors (Lipinski definition) is 2. The van der Waals surface area contributed by atoms with Gasteiger partial charge < -0.3 is 15.7 Å². The van der Waals surface area contributed by atoms with Crippen LogP contribution >= 0.6 is 11.8 Å². The SMILES string of the molecule is CCCCCCN(CCO)C(=O)[C@H](N)CCSC. The van der Waals surface area contributed by atoms with Gasteiger partial charge in [-0.2, -0.15) is 11.8 Å². The topological polar surface area (TPSA) is 66.6 Å². The molecular weight excluding hydrogens is 248 g/mol. The van der Waals surface area contributed by atoms with Gasteiger partial charge in [0.2, 0.25) is 5.91 Å². The van der Waals surface area contributed by atoms with Gasteiger partial charge in [-0.25, -0.2) is 0 Å². The molecule has 1 atom stereocenters. The molecule has 0 spiro atoms. The normalized spacial score (nSPS) is 12.4. The highest BCUT2D eigenvalue weighted by Gasteiger charge is 2.19. The van der Waals surface area contributed by atoms with Gasteiger partial charge in [-0.3, -0.25) is 4.79 Å². The summed E-state index contributed by atoms with van der Waals surface area (Å²) in [5.41, 5.74) is 5.88. The maximum absolute atomic E-state index is 12.1. The van der Waals surface area contributed by atoms with Crippen LogP contribution in [0.3, 0.4) is 0 Å². The molecule has 18 heavy (non-hydrogen) atoms. The molecule has 0 fully saturated rings. The molecule has 0 aliphatic carbocycles. The summed E-state index contributed by atoms with van der Waals surface area (Å²) in [6, 6.07) is -0.421. The van der Waals surface area contributed by atoms with E-state index in [9.17, 15) is 4.79 Å². The summed E-state index contributed by atoms with van der Waals surface area (Å²) in [4.78, 5) is 13.8. The number of amides is 1. The number of nitrogens with two attached hydrogens (primary N) is 1. The predicted molar refractivity (Wildman–Crippen MR) is 78.8 cm³/mol.